The molecule has 0 aliphatic rings. The number of rotatable bonds is 8. The second-order valence-electron chi connectivity index (χ2n) is 4.66. The Labute approximate surface area is 121 Å². The lowest BCUT2D eigenvalue weighted by atomic mass is 10.0. The van der Waals surface area contributed by atoms with Crippen LogP contribution in [0.25, 0.3) is 0 Å². The summed E-state index contributed by atoms with van der Waals surface area (Å²) in [5, 5.41) is 0. The van der Waals surface area contributed by atoms with Crippen molar-refractivity contribution in [3.63, 3.8) is 0 Å². The summed E-state index contributed by atoms with van der Waals surface area (Å²) in [5.41, 5.74) is 6.97. The van der Waals surface area contributed by atoms with Crippen LogP contribution in [0.2, 0.25) is 0 Å². The second-order valence-corrected chi connectivity index (χ2v) is 4.66. The van der Waals surface area contributed by atoms with E-state index in [0.717, 1.165) is 18.5 Å². The van der Waals surface area contributed by atoms with E-state index in [4.69, 9.17) is 19.9 Å². The first-order chi connectivity index (χ1) is 9.64. The summed E-state index contributed by atoms with van der Waals surface area (Å²) in [6.45, 7) is 3.64. The van der Waals surface area contributed by atoms with Gasteiger partial charge in [0.2, 0.25) is 5.75 Å². The second kappa shape index (κ2) is 7.97. The van der Waals surface area contributed by atoms with Crippen LogP contribution in [0.5, 0.6) is 17.2 Å². The van der Waals surface area contributed by atoms with Gasteiger partial charge in [-0.15, -0.1) is 0 Å². The fraction of sp³-hybridized carbons (Fsp3) is 0.600. The standard InChI is InChI=1S/C15H26N2O3/c1-6-9-17(2)12(10-16)11-7-8-13(18-3)15(20-5)14(11)19-4/h7-8,12H,6,9-10,16H2,1-5H3. The predicted molar refractivity (Wildman–Crippen MR) is 80.8 cm³/mol. The van der Waals surface area contributed by atoms with Crippen molar-refractivity contribution in [2.45, 2.75) is 19.4 Å². The lowest BCUT2D eigenvalue weighted by molar-refractivity contribution is 0.241. The lowest BCUT2D eigenvalue weighted by Crippen LogP contribution is -2.31. The zero-order chi connectivity index (χ0) is 15.1. The van der Waals surface area contributed by atoms with Gasteiger partial charge >= 0.3 is 0 Å². The Morgan fingerprint density at radius 3 is 2.20 bits per heavy atom. The maximum atomic E-state index is 5.95. The molecule has 1 aromatic rings. The maximum Gasteiger partial charge on any atom is 0.203 e. The molecule has 0 bridgehead atoms. The summed E-state index contributed by atoms with van der Waals surface area (Å²) < 4.78 is 16.3. The van der Waals surface area contributed by atoms with E-state index in [1.165, 1.54) is 0 Å². The van der Waals surface area contributed by atoms with Gasteiger partial charge in [-0.3, -0.25) is 4.90 Å². The third-order valence-corrected chi connectivity index (χ3v) is 3.43. The molecule has 114 valence electrons. The van der Waals surface area contributed by atoms with Gasteiger partial charge in [0, 0.05) is 12.1 Å². The maximum absolute atomic E-state index is 5.95. The van der Waals surface area contributed by atoms with Crippen LogP contribution in [-0.4, -0.2) is 46.4 Å². The van der Waals surface area contributed by atoms with Crippen LogP contribution < -0.4 is 19.9 Å². The van der Waals surface area contributed by atoms with E-state index in [-0.39, 0.29) is 6.04 Å². The minimum Gasteiger partial charge on any atom is -0.493 e. The quantitative estimate of drug-likeness (QED) is 0.791. The number of hydrogen-bond donors (Lipinski definition) is 1. The molecule has 0 aromatic heterocycles. The van der Waals surface area contributed by atoms with E-state index in [2.05, 4.69) is 18.9 Å². The Balaban J connectivity index is 3.28. The molecule has 1 rings (SSSR count). The van der Waals surface area contributed by atoms with E-state index in [1.54, 1.807) is 21.3 Å². The highest BCUT2D eigenvalue weighted by Gasteiger charge is 2.23. The number of benzene rings is 1. The van der Waals surface area contributed by atoms with Gasteiger partial charge in [-0.05, 0) is 32.1 Å². The first-order valence-corrected chi connectivity index (χ1v) is 6.83. The molecule has 1 atom stereocenters. The van der Waals surface area contributed by atoms with Gasteiger partial charge in [0.25, 0.3) is 0 Å². The third kappa shape index (κ3) is 3.35. The van der Waals surface area contributed by atoms with Crippen molar-refractivity contribution in [2.75, 3.05) is 41.5 Å². The first kappa shape index (κ1) is 16.6. The number of ether oxygens (including phenoxy) is 3. The van der Waals surface area contributed by atoms with Crippen LogP contribution >= 0.6 is 0 Å². The fourth-order valence-electron chi connectivity index (χ4n) is 2.44. The number of likely N-dealkylation sites (N-methyl/N-ethyl adjacent to an activating group) is 1. The summed E-state index contributed by atoms with van der Waals surface area (Å²) in [5.74, 6) is 1.95. The highest BCUT2D eigenvalue weighted by atomic mass is 16.5. The van der Waals surface area contributed by atoms with Crippen molar-refractivity contribution in [1.29, 1.82) is 0 Å². The molecule has 0 radical (unpaired) electrons. The highest BCUT2D eigenvalue weighted by Crippen LogP contribution is 2.42. The van der Waals surface area contributed by atoms with Crippen molar-refractivity contribution < 1.29 is 14.2 Å². The van der Waals surface area contributed by atoms with Crippen molar-refractivity contribution in [2.24, 2.45) is 5.73 Å². The van der Waals surface area contributed by atoms with Crippen LogP contribution in [-0.2, 0) is 0 Å². The average Bonchev–Trinajstić information content (AvgIpc) is 2.47. The van der Waals surface area contributed by atoms with Gasteiger partial charge in [-0.25, -0.2) is 0 Å². The molecule has 5 nitrogen and oxygen atoms in total. The van der Waals surface area contributed by atoms with Crippen LogP contribution in [0.4, 0.5) is 0 Å². The zero-order valence-corrected chi connectivity index (χ0v) is 13.1. The topological polar surface area (TPSA) is 57.0 Å². The Morgan fingerprint density at radius 2 is 1.75 bits per heavy atom. The van der Waals surface area contributed by atoms with E-state index >= 15 is 0 Å². The minimum absolute atomic E-state index is 0.0877. The number of nitrogens with zero attached hydrogens (tertiary/aromatic N) is 1. The Morgan fingerprint density at radius 1 is 1.10 bits per heavy atom. The normalized spacial score (nSPS) is 12.3. The van der Waals surface area contributed by atoms with E-state index < -0.39 is 0 Å². The molecule has 0 aliphatic heterocycles. The average molecular weight is 282 g/mol. The first-order valence-electron chi connectivity index (χ1n) is 6.83. The van der Waals surface area contributed by atoms with Crippen molar-refractivity contribution in [1.82, 2.24) is 4.90 Å². The molecule has 2 N–H and O–H groups in total. The van der Waals surface area contributed by atoms with Gasteiger partial charge in [0.1, 0.15) is 0 Å². The summed E-state index contributed by atoms with van der Waals surface area (Å²) >= 11 is 0. The summed E-state index contributed by atoms with van der Waals surface area (Å²) in [6.07, 6.45) is 1.07. The van der Waals surface area contributed by atoms with E-state index in [1.807, 2.05) is 12.1 Å². The summed E-state index contributed by atoms with van der Waals surface area (Å²) in [7, 11) is 6.92. The SMILES string of the molecule is CCCN(C)C(CN)c1ccc(OC)c(OC)c1OC. The molecule has 1 aromatic carbocycles. The fourth-order valence-corrected chi connectivity index (χ4v) is 2.44. The lowest BCUT2D eigenvalue weighted by Gasteiger charge is -2.29. The van der Waals surface area contributed by atoms with E-state index in [9.17, 15) is 0 Å². The van der Waals surface area contributed by atoms with Crippen LogP contribution in [0, 0.1) is 0 Å². The smallest absolute Gasteiger partial charge is 0.203 e. The Hall–Kier alpha value is -1.46. The van der Waals surface area contributed by atoms with Gasteiger partial charge in [-0.1, -0.05) is 6.92 Å². The van der Waals surface area contributed by atoms with Crippen LogP contribution in [0.15, 0.2) is 12.1 Å². The molecule has 0 saturated heterocycles. The molecule has 0 aliphatic carbocycles. The predicted octanol–water partition coefficient (Wildman–Crippen LogP) is 2.05. The Kier molecular flexibility index (Phi) is 6.61. The van der Waals surface area contributed by atoms with Gasteiger partial charge in [-0.2, -0.15) is 0 Å². The zero-order valence-electron chi connectivity index (χ0n) is 13.1. The highest BCUT2D eigenvalue weighted by molar-refractivity contribution is 5.56. The number of nitrogens with two attached hydrogens (primary N) is 1. The molecule has 0 spiro atoms. The van der Waals surface area contributed by atoms with Gasteiger partial charge in [0.15, 0.2) is 11.5 Å². The minimum atomic E-state index is 0.0877. The number of methoxy groups -OCH3 is 3. The molecule has 20 heavy (non-hydrogen) atoms. The van der Waals surface area contributed by atoms with Crippen LogP contribution in [0.1, 0.15) is 24.9 Å². The van der Waals surface area contributed by atoms with E-state index in [0.29, 0.717) is 23.8 Å². The molecule has 0 fully saturated rings. The number of hydrogen-bond acceptors (Lipinski definition) is 5. The molecular weight excluding hydrogens is 256 g/mol. The molecule has 0 saturated carbocycles. The van der Waals surface area contributed by atoms with Crippen molar-refractivity contribution in [3.8, 4) is 17.2 Å². The molecule has 1 unspecified atom stereocenters. The summed E-state index contributed by atoms with van der Waals surface area (Å²) in [6, 6.07) is 3.97. The monoisotopic (exact) mass is 282 g/mol. The van der Waals surface area contributed by atoms with Gasteiger partial charge < -0.3 is 19.9 Å². The Bertz CT molecular complexity index is 424. The van der Waals surface area contributed by atoms with Crippen molar-refractivity contribution in [3.05, 3.63) is 17.7 Å². The molecule has 0 heterocycles. The van der Waals surface area contributed by atoms with Crippen LogP contribution in [0.3, 0.4) is 0 Å². The molecular formula is C15H26N2O3. The third-order valence-electron chi connectivity index (χ3n) is 3.43. The van der Waals surface area contributed by atoms with Crippen molar-refractivity contribution >= 4 is 0 Å². The van der Waals surface area contributed by atoms with Gasteiger partial charge in [0.05, 0.1) is 27.4 Å². The molecule has 0 amide bonds. The largest absolute Gasteiger partial charge is 0.493 e. The summed E-state index contributed by atoms with van der Waals surface area (Å²) in [4.78, 5) is 2.23. The molecule has 5 heteroatoms.